The summed E-state index contributed by atoms with van der Waals surface area (Å²) in [7, 11) is 0. The van der Waals surface area contributed by atoms with Crippen LogP contribution in [0.5, 0.6) is 11.5 Å². The lowest BCUT2D eigenvalue weighted by Gasteiger charge is -2.26. The van der Waals surface area contributed by atoms with Crippen molar-refractivity contribution in [1.82, 2.24) is 4.90 Å². The van der Waals surface area contributed by atoms with Crippen LogP contribution in [0.2, 0.25) is 0 Å². The molecule has 0 N–H and O–H groups in total. The molecular weight excluding hydrogens is 334 g/mol. The molecule has 4 rings (SSSR count). The van der Waals surface area contributed by atoms with Crippen molar-refractivity contribution in [2.45, 2.75) is 6.92 Å². The summed E-state index contributed by atoms with van der Waals surface area (Å²) >= 11 is 1.51. The van der Waals surface area contributed by atoms with Crippen molar-refractivity contribution in [2.75, 3.05) is 26.3 Å². The third-order valence-corrected chi connectivity index (χ3v) is 5.37. The third kappa shape index (κ3) is 3.38. The largest absolute Gasteiger partial charge is 0.457 e. The zero-order valence-corrected chi connectivity index (χ0v) is 14.8. The summed E-state index contributed by atoms with van der Waals surface area (Å²) in [6.45, 7) is 4.57. The van der Waals surface area contributed by atoms with E-state index in [4.69, 9.17) is 9.47 Å². The van der Waals surface area contributed by atoms with E-state index in [-0.39, 0.29) is 5.91 Å². The lowest BCUT2D eigenvalue weighted by molar-refractivity contribution is 0.0306. The Morgan fingerprint density at radius 2 is 1.88 bits per heavy atom. The Hall–Kier alpha value is -2.37. The Morgan fingerprint density at radius 3 is 2.64 bits per heavy atom. The van der Waals surface area contributed by atoms with Crippen LogP contribution >= 0.6 is 11.3 Å². The molecule has 0 atom stereocenters. The van der Waals surface area contributed by atoms with E-state index in [2.05, 4.69) is 0 Å². The van der Waals surface area contributed by atoms with Gasteiger partial charge in [0.25, 0.3) is 5.91 Å². The molecule has 1 aliphatic heterocycles. The van der Waals surface area contributed by atoms with Crippen LogP contribution in [0.15, 0.2) is 48.5 Å². The van der Waals surface area contributed by atoms with E-state index in [1.807, 2.05) is 60.4 Å². The van der Waals surface area contributed by atoms with Gasteiger partial charge in [-0.15, -0.1) is 11.3 Å². The summed E-state index contributed by atoms with van der Waals surface area (Å²) in [4.78, 5) is 15.3. The molecule has 1 aliphatic rings. The molecule has 1 saturated heterocycles. The number of carbonyl (C=O) groups is 1. The van der Waals surface area contributed by atoms with E-state index in [9.17, 15) is 4.79 Å². The number of aryl methyl sites for hydroxylation is 1. The number of amides is 1. The highest BCUT2D eigenvalue weighted by Gasteiger charge is 2.21. The number of nitrogens with zero attached hydrogens (tertiary/aromatic N) is 1. The Morgan fingerprint density at radius 1 is 1.12 bits per heavy atom. The van der Waals surface area contributed by atoms with E-state index in [1.54, 1.807) is 0 Å². The minimum atomic E-state index is 0.0748. The standard InChI is InChI=1S/C20H19NO3S/c1-14-5-7-15(8-6-14)24-17-3-2-4-18-16(17)13-19(25-18)20(22)21-9-11-23-12-10-21/h2-8,13H,9-12H2,1H3. The maximum Gasteiger partial charge on any atom is 0.264 e. The van der Waals surface area contributed by atoms with Crippen molar-refractivity contribution in [1.29, 1.82) is 0 Å². The lowest BCUT2D eigenvalue weighted by Crippen LogP contribution is -2.40. The number of hydrogen-bond donors (Lipinski definition) is 0. The topological polar surface area (TPSA) is 38.8 Å². The van der Waals surface area contributed by atoms with E-state index in [0.29, 0.717) is 26.3 Å². The number of morpholine rings is 1. The number of thiophene rings is 1. The van der Waals surface area contributed by atoms with Crippen LogP contribution in [0, 0.1) is 6.92 Å². The van der Waals surface area contributed by atoms with Gasteiger partial charge in [-0.25, -0.2) is 0 Å². The third-order valence-electron chi connectivity index (χ3n) is 4.28. The molecule has 0 spiro atoms. The second-order valence-electron chi connectivity index (χ2n) is 6.10. The predicted molar refractivity (Wildman–Crippen MR) is 99.8 cm³/mol. The second-order valence-corrected chi connectivity index (χ2v) is 7.18. The molecule has 5 heteroatoms. The Kier molecular flexibility index (Phi) is 4.42. The molecule has 0 radical (unpaired) electrons. The van der Waals surface area contributed by atoms with Crippen LogP contribution < -0.4 is 4.74 Å². The quantitative estimate of drug-likeness (QED) is 0.697. The Bertz CT molecular complexity index is 895. The number of ether oxygens (including phenoxy) is 2. The van der Waals surface area contributed by atoms with Crippen LogP contribution in [0.3, 0.4) is 0 Å². The highest BCUT2D eigenvalue weighted by molar-refractivity contribution is 7.20. The number of fused-ring (bicyclic) bond motifs is 1. The summed E-state index contributed by atoms with van der Waals surface area (Å²) < 4.78 is 12.4. The van der Waals surface area contributed by atoms with Gasteiger partial charge in [-0.2, -0.15) is 0 Å². The van der Waals surface area contributed by atoms with Crippen LogP contribution in [0.4, 0.5) is 0 Å². The van der Waals surface area contributed by atoms with Crippen LogP contribution in [-0.4, -0.2) is 37.1 Å². The zero-order valence-electron chi connectivity index (χ0n) is 14.0. The fourth-order valence-corrected chi connectivity index (χ4v) is 3.93. The normalized spacial score (nSPS) is 14.7. The van der Waals surface area contributed by atoms with E-state index >= 15 is 0 Å². The Labute approximate surface area is 150 Å². The fourth-order valence-electron chi connectivity index (χ4n) is 2.88. The molecule has 4 nitrogen and oxygen atoms in total. The van der Waals surface area contributed by atoms with Crippen molar-refractivity contribution in [3.63, 3.8) is 0 Å². The zero-order chi connectivity index (χ0) is 17.2. The Balaban J connectivity index is 1.64. The number of carbonyl (C=O) groups excluding carboxylic acids is 1. The van der Waals surface area contributed by atoms with Crippen LogP contribution in [0.25, 0.3) is 10.1 Å². The lowest BCUT2D eigenvalue weighted by atomic mass is 10.2. The number of hydrogen-bond acceptors (Lipinski definition) is 4. The van der Waals surface area contributed by atoms with Gasteiger partial charge in [-0.3, -0.25) is 4.79 Å². The van der Waals surface area contributed by atoms with Crippen molar-refractivity contribution >= 4 is 27.3 Å². The summed E-state index contributed by atoms with van der Waals surface area (Å²) in [6.07, 6.45) is 0. The summed E-state index contributed by atoms with van der Waals surface area (Å²) in [5, 5.41) is 0.977. The van der Waals surface area contributed by atoms with Crippen LogP contribution in [0.1, 0.15) is 15.2 Å². The van der Waals surface area contributed by atoms with Gasteiger partial charge in [0.05, 0.1) is 18.1 Å². The molecule has 1 fully saturated rings. The molecule has 2 heterocycles. The molecule has 0 aliphatic carbocycles. The van der Waals surface area contributed by atoms with E-state index < -0.39 is 0 Å². The molecule has 25 heavy (non-hydrogen) atoms. The highest BCUT2D eigenvalue weighted by atomic mass is 32.1. The fraction of sp³-hybridized carbons (Fsp3) is 0.250. The van der Waals surface area contributed by atoms with Crippen molar-refractivity contribution in [3.8, 4) is 11.5 Å². The van der Waals surface area contributed by atoms with Crippen molar-refractivity contribution in [2.24, 2.45) is 0 Å². The first kappa shape index (κ1) is 16.1. The minimum Gasteiger partial charge on any atom is -0.457 e. The average Bonchev–Trinajstić information content (AvgIpc) is 3.09. The van der Waals surface area contributed by atoms with Crippen molar-refractivity contribution in [3.05, 3.63) is 59.0 Å². The molecule has 1 amide bonds. The molecule has 0 bridgehead atoms. The highest BCUT2D eigenvalue weighted by Crippen LogP contribution is 2.35. The van der Waals surface area contributed by atoms with Gasteiger partial charge < -0.3 is 14.4 Å². The first-order valence-electron chi connectivity index (χ1n) is 8.35. The van der Waals surface area contributed by atoms with Gasteiger partial charge in [0.15, 0.2) is 0 Å². The molecule has 0 saturated carbocycles. The maximum absolute atomic E-state index is 12.7. The predicted octanol–water partition coefficient (Wildman–Crippen LogP) is 4.47. The summed E-state index contributed by atoms with van der Waals surface area (Å²) in [5.74, 6) is 1.65. The van der Waals surface area contributed by atoms with Gasteiger partial charge in [-0.05, 0) is 37.3 Å². The van der Waals surface area contributed by atoms with E-state index in [1.165, 1.54) is 16.9 Å². The average molecular weight is 353 g/mol. The first-order valence-corrected chi connectivity index (χ1v) is 9.16. The monoisotopic (exact) mass is 353 g/mol. The SMILES string of the molecule is Cc1ccc(Oc2cccc3sc(C(=O)N4CCOCC4)cc23)cc1. The van der Waals surface area contributed by atoms with Crippen LogP contribution in [-0.2, 0) is 4.74 Å². The second kappa shape index (κ2) is 6.86. The number of rotatable bonds is 3. The van der Waals surface area contributed by atoms with Gasteiger partial charge in [0, 0.05) is 23.2 Å². The van der Waals surface area contributed by atoms with Gasteiger partial charge in [-0.1, -0.05) is 23.8 Å². The summed E-state index contributed by atoms with van der Waals surface area (Å²) in [6, 6.07) is 15.8. The van der Waals surface area contributed by atoms with E-state index in [0.717, 1.165) is 26.5 Å². The molecule has 2 aromatic carbocycles. The first-order chi connectivity index (χ1) is 12.2. The molecule has 0 unspecified atom stereocenters. The van der Waals surface area contributed by atoms with Crippen molar-refractivity contribution < 1.29 is 14.3 Å². The van der Waals surface area contributed by atoms with Gasteiger partial charge >= 0.3 is 0 Å². The number of benzene rings is 2. The minimum absolute atomic E-state index is 0.0748. The smallest absolute Gasteiger partial charge is 0.264 e. The maximum atomic E-state index is 12.7. The molecule has 1 aromatic heterocycles. The molecular formula is C20H19NO3S. The van der Waals surface area contributed by atoms with Gasteiger partial charge in [0.2, 0.25) is 0 Å². The molecule has 3 aromatic rings. The van der Waals surface area contributed by atoms with Gasteiger partial charge in [0.1, 0.15) is 11.5 Å². The summed E-state index contributed by atoms with van der Waals surface area (Å²) in [5.41, 5.74) is 1.19. The molecule has 128 valence electrons.